The summed E-state index contributed by atoms with van der Waals surface area (Å²) in [7, 11) is 0. The van der Waals surface area contributed by atoms with Gasteiger partial charge in [-0.05, 0) is 23.6 Å². The molecule has 0 radical (unpaired) electrons. The summed E-state index contributed by atoms with van der Waals surface area (Å²) in [6.45, 7) is 1.26. The molecule has 0 spiro atoms. The zero-order valence-corrected chi connectivity index (χ0v) is 12.0. The van der Waals surface area contributed by atoms with E-state index in [4.69, 9.17) is 5.11 Å². The fourth-order valence-electron chi connectivity index (χ4n) is 1.89. The van der Waals surface area contributed by atoms with Crippen molar-refractivity contribution < 1.29 is 9.90 Å². The van der Waals surface area contributed by atoms with E-state index in [-0.39, 0.29) is 19.1 Å². The van der Waals surface area contributed by atoms with Gasteiger partial charge in [0.1, 0.15) is 0 Å². The van der Waals surface area contributed by atoms with Crippen LogP contribution in [-0.4, -0.2) is 30.7 Å². The maximum Gasteiger partial charge on any atom is 0.239 e. The van der Waals surface area contributed by atoms with Crippen LogP contribution in [0.15, 0.2) is 47.8 Å². The number of benzene rings is 1. The van der Waals surface area contributed by atoms with Crippen molar-refractivity contribution in [1.82, 2.24) is 5.32 Å². The molecule has 20 heavy (non-hydrogen) atoms. The van der Waals surface area contributed by atoms with E-state index in [1.165, 1.54) is 0 Å². The van der Waals surface area contributed by atoms with Gasteiger partial charge in [0.15, 0.2) is 0 Å². The second-order valence-corrected chi connectivity index (χ2v) is 5.37. The van der Waals surface area contributed by atoms with Gasteiger partial charge in [0, 0.05) is 17.1 Å². The SMILES string of the molecule is O=C(CN(CCO)c1ccccc1)NCc1cccs1. The van der Waals surface area contributed by atoms with Crippen molar-refractivity contribution in [3.63, 3.8) is 0 Å². The van der Waals surface area contributed by atoms with Crippen LogP contribution in [0.1, 0.15) is 4.88 Å². The van der Waals surface area contributed by atoms with E-state index in [1.54, 1.807) is 11.3 Å². The largest absolute Gasteiger partial charge is 0.395 e. The average molecular weight is 290 g/mol. The van der Waals surface area contributed by atoms with E-state index in [2.05, 4.69) is 5.32 Å². The van der Waals surface area contributed by atoms with E-state index in [9.17, 15) is 4.79 Å². The molecular weight excluding hydrogens is 272 g/mol. The molecule has 5 heteroatoms. The van der Waals surface area contributed by atoms with Crippen molar-refractivity contribution in [3.05, 3.63) is 52.7 Å². The second kappa shape index (κ2) is 7.67. The van der Waals surface area contributed by atoms with Gasteiger partial charge < -0.3 is 15.3 Å². The molecule has 4 nitrogen and oxygen atoms in total. The third-order valence-corrected chi connectivity index (χ3v) is 3.74. The number of aliphatic hydroxyl groups is 1. The van der Waals surface area contributed by atoms with Crippen molar-refractivity contribution in [3.8, 4) is 0 Å². The number of nitrogens with zero attached hydrogens (tertiary/aromatic N) is 1. The Kier molecular flexibility index (Phi) is 5.58. The van der Waals surface area contributed by atoms with Gasteiger partial charge in [-0.2, -0.15) is 0 Å². The zero-order valence-electron chi connectivity index (χ0n) is 11.2. The van der Waals surface area contributed by atoms with E-state index < -0.39 is 0 Å². The Morgan fingerprint density at radius 1 is 1.20 bits per heavy atom. The quantitative estimate of drug-likeness (QED) is 0.818. The summed E-state index contributed by atoms with van der Waals surface area (Å²) in [6.07, 6.45) is 0. The first-order chi connectivity index (χ1) is 9.79. The summed E-state index contributed by atoms with van der Waals surface area (Å²) in [5, 5.41) is 14.0. The molecule has 1 aromatic carbocycles. The molecule has 0 unspecified atom stereocenters. The van der Waals surface area contributed by atoms with Crippen LogP contribution in [0.25, 0.3) is 0 Å². The summed E-state index contributed by atoms with van der Waals surface area (Å²) in [5.74, 6) is -0.0456. The highest BCUT2D eigenvalue weighted by molar-refractivity contribution is 7.09. The minimum atomic E-state index is -0.0456. The molecule has 0 aliphatic carbocycles. The predicted octanol–water partition coefficient (Wildman–Crippen LogP) is 1.86. The Bertz CT molecular complexity index is 514. The van der Waals surface area contributed by atoms with Gasteiger partial charge in [0.05, 0.1) is 19.7 Å². The number of nitrogens with one attached hydrogen (secondary N) is 1. The number of aliphatic hydroxyl groups excluding tert-OH is 1. The average Bonchev–Trinajstić information content (AvgIpc) is 2.99. The lowest BCUT2D eigenvalue weighted by molar-refractivity contribution is -0.119. The standard InChI is InChI=1S/C15H18N2O2S/c18-9-8-17(13-5-2-1-3-6-13)12-15(19)16-11-14-7-4-10-20-14/h1-7,10,18H,8-9,11-12H2,(H,16,19). The number of hydrogen-bond donors (Lipinski definition) is 2. The summed E-state index contributed by atoms with van der Waals surface area (Å²) in [6, 6.07) is 13.6. The Morgan fingerprint density at radius 2 is 2.00 bits per heavy atom. The molecule has 1 amide bonds. The van der Waals surface area contributed by atoms with Crippen molar-refractivity contribution in [2.75, 3.05) is 24.6 Å². The van der Waals surface area contributed by atoms with Crippen LogP contribution >= 0.6 is 11.3 Å². The lowest BCUT2D eigenvalue weighted by atomic mass is 10.3. The van der Waals surface area contributed by atoms with Crippen LogP contribution in [0.5, 0.6) is 0 Å². The Morgan fingerprint density at radius 3 is 2.65 bits per heavy atom. The molecule has 0 saturated heterocycles. The Labute approximate surface area is 122 Å². The van der Waals surface area contributed by atoms with Gasteiger partial charge in [-0.3, -0.25) is 4.79 Å². The van der Waals surface area contributed by atoms with Crippen LogP contribution in [0.2, 0.25) is 0 Å². The molecule has 2 rings (SSSR count). The second-order valence-electron chi connectivity index (χ2n) is 4.34. The first-order valence-corrected chi connectivity index (χ1v) is 7.37. The van der Waals surface area contributed by atoms with Crippen LogP contribution in [0, 0.1) is 0 Å². The molecule has 2 N–H and O–H groups in total. The van der Waals surface area contributed by atoms with E-state index in [0.29, 0.717) is 13.1 Å². The van der Waals surface area contributed by atoms with Crippen molar-refractivity contribution in [2.24, 2.45) is 0 Å². The number of carbonyl (C=O) groups is 1. The number of para-hydroxylation sites is 1. The fraction of sp³-hybridized carbons (Fsp3) is 0.267. The number of anilines is 1. The molecule has 0 fully saturated rings. The summed E-state index contributed by atoms with van der Waals surface area (Å²) >= 11 is 1.62. The van der Waals surface area contributed by atoms with Gasteiger partial charge in [0.25, 0.3) is 0 Å². The molecule has 106 valence electrons. The monoisotopic (exact) mass is 290 g/mol. The zero-order chi connectivity index (χ0) is 14.2. The van der Waals surface area contributed by atoms with Crippen LogP contribution in [0.4, 0.5) is 5.69 Å². The molecule has 0 atom stereocenters. The minimum absolute atomic E-state index is 0.0209. The Hall–Kier alpha value is -1.85. The van der Waals surface area contributed by atoms with E-state index in [1.807, 2.05) is 52.7 Å². The molecule has 1 heterocycles. The third-order valence-electron chi connectivity index (χ3n) is 2.87. The first kappa shape index (κ1) is 14.6. The van der Waals surface area contributed by atoms with E-state index >= 15 is 0 Å². The molecule has 0 aliphatic rings. The maximum absolute atomic E-state index is 12.0. The minimum Gasteiger partial charge on any atom is -0.395 e. The van der Waals surface area contributed by atoms with Crippen LogP contribution in [-0.2, 0) is 11.3 Å². The summed E-state index contributed by atoms with van der Waals surface area (Å²) in [4.78, 5) is 15.0. The van der Waals surface area contributed by atoms with Crippen molar-refractivity contribution in [1.29, 1.82) is 0 Å². The van der Waals surface area contributed by atoms with Gasteiger partial charge in [-0.15, -0.1) is 11.3 Å². The molecule has 1 aromatic heterocycles. The molecule has 2 aromatic rings. The van der Waals surface area contributed by atoms with Gasteiger partial charge in [0.2, 0.25) is 5.91 Å². The molecule has 0 bridgehead atoms. The highest BCUT2D eigenvalue weighted by Crippen LogP contribution is 2.12. The number of amides is 1. The summed E-state index contributed by atoms with van der Waals surface area (Å²) < 4.78 is 0. The van der Waals surface area contributed by atoms with Crippen molar-refractivity contribution >= 4 is 22.9 Å². The number of thiophene rings is 1. The third kappa shape index (κ3) is 4.36. The smallest absolute Gasteiger partial charge is 0.239 e. The van der Waals surface area contributed by atoms with Gasteiger partial charge >= 0.3 is 0 Å². The predicted molar refractivity (Wildman–Crippen MR) is 81.9 cm³/mol. The van der Waals surface area contributed by atoms with Crippen LogP contribution in [0.3, 0.4) is 0 Å². The molecule has 0 aliphatic heterocycles. The maximum atomic E-state index is 12.0. The highest BCUT2D eigenvalue weighted by atomic mass is 32.1. The molecular formula is C15H18N2O2S. The number of carbonyl (C=O) groups excluding carboxylic acids is 1. The normalized spacial score (nSPS) is 10.2. The lowest BCUT2D eigenvalue weighted by Crippen LogP contribution is -2.38. The first-order valence-electron chi connectivity index (χ1n) is 6.49. The van der Waals surface area contributed by atoms with E-state index in [0.717, 1.165) is 10.6 Å². The lowest BCUT2D eigenvalue weighted by Gasteiger charge is -2.23. The highest BCUT2D eigenvalue weighted by Gasteiger charge is 2.10. The van der Waals surface area contributed by atoms with Crippen LogP contribution < -0.4 is 10.2 Å². The number of hydrogen-bond acceptors (Lipinski definition) is 4. The topological polar surface area (TPSA) is 52.6 Å². The fourth-order valence-corrected chi connectivity index (χ4v) is 2.53. The number of rotatable bonds is 7. The molecule has 0 saturated carbocycles. The van der Waals surface area contributed by atoms with Crippen molar-refractivity contribution in [2.45, 2.75) is 6.54 Å². The van der Waals surface area contributed by atoms with Gasteiger partial charge in [-0.25, -0.2) is 0 Å². The van der Waals surface area contributed by atoms with Gasteiger partial charge in [-0.1, -0.05) is 24.3 Å². The Balaban J connectivity index is 1.89. The summed E-state index contributed by atoms with van der Waals surface area (Å²) in [5.41, 5.74) is 0.938.